The van der Waals surface area contributed by atoms with E-state index in [4.69, 9.17) is 5.11 Å². The van der Waals surface area contributed by atoms with E-state index in [-0.39, 0.29) is 29.7 Å². The van der Waals surface area contributed by atoms with Gasteiger partial charge in [-0.1, -0.05) is 0 Å². The number of nitrogens with one attached hydrogen (secondary N) is 2. The van der Waals surface area contributed by atoms with Gasteiger partial charge in [0.2, 0.25) is 11.8 Å². The van der Waals surface area contributed by atoms with E-state index < -0.39 is 5.97 Å². The van der Waals surface area contributed by atoms with E-state index >= 15 is 0 Å². The van der Waals surface area contributed by atoms with Crippen LogP contribution in [0.3, 0.4) is 0 Å². The van der Waals surface area contributed by atoms with Crippen molar-refractivity contribution in [3.05, 3.63) is 24.0 Å². The summed E-state index contributed by atoms with van der Waals surface area (Å²) < 4.78 is 0. The van der Waals surface area contributed by atoms with Gasteiger partial charge < -0.3 is 10.4 Å². The number of piperidine rings is 1. The van der Waals surface area contributed by atoms with Crippen LogP contribution in [0.4, 0.5) is 5.69 Å². The molecule has 128 valence electrons. The molecule has 3 N–H and O–H groups in total. The Bertz CT molecular complexity index is 653. The number of imide groups is 1. The quantitative estimate of drug-likeness (QED) is 0.724. The maximum atomic E-state index is 12.0. The van der Waals surface area contributed by atoms with Crippen molar-refractivity contribution in [3.63, 3.8) is 0 Å². The van der Waals surface area contributed by atoms with Gasteiger partial charge in [0, 0.05) is 24.9 Å². The number of nitrogens with zero attached hydrogens (tertiary/aromatic N) is 1. The van der Waals surface area contributed by atoms with Gasteiger partial charge in [-0.3, -0.25) is 24.7 Å². The van der Waals surface area contributed by atoms with Crippen LogP contribution in [0.2, 0.25) is 0 Å². The lowest BCUT2D eigenvalue weighted by Crippen LogP contribution is -2.39. The maximum absolute atomic E-state index is 12.0. The number of aliphatic carboxylic acids is 1. The fraction of sp³-hybridized carbons (Fsp3) is 0.529. The van der Waals surface area contributed by atoms with Gasteiger partial charge in [0.05, 0.1) is 17.5 Å². The van der Waals surface area contributed by atoms with E-state index in [0.29, 0.717) is 25.7 Å². The highest BCUT2D eigenvalue weighted by Crippen LogP contribution is 2.29. The van der Waals surface area contributed by atoms with Crippen LogP contribution in [0.15, 0.2) is 18.5 Å². The van der Waals surface area contributed by atoms with E-state index in [2.05, 4.69) is 15.6 Å². The molecule has 2 fully saturated rings. The molecule has 0 aromatic carbocycles. The number of carboxylic acid groups (broad SMARTS) is 1. The van der Waals surface area contributed by atoms with Crippen LogP contribution in [0.25, 0.3) is 0 Å². The van der Waals surface area contributed by atoms with Crippen molar-refractivity contribution in [1.82, 2.24) is 10.3 Å². The molecule has 2 heterocycles. The smallest absolute Gasteiger partial charge is 0.306 e. The first-order chi connectivity index (χ1) is 11.5. The molecule has 1 unspecified atom stereocenters. The summed E-state index contributed by atoms with van der Waals surface area (Å²) in [6.45, 7) is 0. The minimum atomic E-state index is -0.713. The van der Waals surface area contributed by atoms with E-state index in [1.54, 1.807) is 12.4 Å². The summed E-state index contributed by atoms with van der Waals surface area (Å²) in [6, 6.07) is 2.12. The van der Waals surface area contributed by atoms with Gasteiger partial charge in [0.1, 0.15) is 0 Å². The molecule has 0 bridgehead atoms. The fourth-order valence-corrected chi connectivity index (χ4v) is 3.46. The third-order valence-electron chi connectivity index (χ3n) is 4.85. The minimum Gasteiger partial charge on any atom is -0.481 e. The van der Waals surface area contributed by atoms with Crippen LogP contribution in [-0.4, -0.2) is 33.9 Å². The van der Waals surface area contributed by atoms with Crippen molar-refractivity contribution in [2.45, 2.75) is 50.5 Å². The minimum absolute atomic E-state index is 0.222. The summed E-state index contributed by atoms with van der Waals surface area (Å²) >= 11 is 0. The summed E-state index contributed by atoms with van der Waals surface area (Å²) in [4.78, 5) is 38.4. The Kier molecular flexibility index (Phi) is 4.78. The van der Waals surface area contributed by atoms with Crippen LogP contribution >= 0.6 is 0 Å². The predicted octanol–water partition coefficient (Wildman–Crippen LogP) is 1.66. The van der Waals surface area contributed by atoms with Crippen LogP contribution in [0.1, 0.15) is 50.0 Å². The average Bonchev–Trinajstić information content (AvgIpc) is 2.55. The molecule has 1 aliphatic heterocycles. The number of hydrogen-bond donors (Lipinski definition) is 3. The average molecular weight is 331 g/mol. The predicted molar refractivity (Wildman–Crippen MR) is 86.4 cm³/mol. The van der Waals surface area contributed by atoms with Crippen molar-refractivity contribution < 1.29 is 19.5 Å². The third-order valence-corrected chi connectivity index (χ3v) is 4.85. The number of carbonyl (C=O) groups excluding carboxylic acids is 2. The first-order valence-corrected chi connectivity index (χ1v) is 8.31. The normalized spacial score (nSPS) is 27.4. The van der Waals surface area contributed by atoms with Crippen molar-refractivity contribution in [2.24, 2.45) is 5.92 Å². The van der Waals surface area contributed by atoms with Crippen molar-refractivity contribution >= 4 is 23.5 Å². The number of aromatic nitrogens is 1. The van der Waals surface area contributed by atoms with Crippen molar-refractivity contribution in [1.29, 1.82) is 0 Å². The monoisotopic (exact) mass is 331 g/mol. The van der Waals surface area contributed by atoms with Crippen LogP contribution in [0, 0.1) is 5.92 Å². The van der Waals surface area contributed by atoms with Crippen molar-refractivity contribution in [2.75, 3.05) is 5.32 Å². The number of hydrogen-bond acceptors (Lipinski definition) is 5. The van der Waals surface area contributed by atoms with E-state index in [1.165, 1.54) is 0 Å². The Balaban J connectivity index is 1.63. The second-order valence-electron chi connectivity index (χ2n) is 6.54. The lowest BCUT2D eigenvalue weighted by Gasteiger charge is -2.28. The lowest BCUT2D eigenvalue weighted by molar-refractivity contribution is -0.143. The first-order valence-electron chi connectivity index (χ1n) is 8.31. The largest absolute Gasteiger partial charge is 0.481 e. The molecular weight excluding hydrogens is 310 g/mol. The first kappa shape index (κ1) is 16.4. The zero-order chi connectivity index (χ0) is 17.1. The van der Waals surface area contributed by atoms with Gasteiger partial charge in [-0.2, -0.15) is 0 Å². The molecule has 2 aliphatic rings. The number of amides is 2. The van der Waals surface area contributed by atoms with Gasteiger partial charge in [-0.15, -0.1) is 0 Å². The zero-order valence-electron chi connectivity index (χ0n) is 13.3. The van der Waals surface area contributed by atoms with E-state index in [9.17, 15) is 14.4 Å². The molecule has 1 aliphatic carbocycles. The number of anilines is 1. The molecule has 7 heteroatoms. The SMILES string of the molecule is O=C1CCC(c2cncc(N[C@H]3CC[C@H](C(=O)O)CC3)c2)C(=O)N1. The molecule has 24 heavy (non-hydrogen) atoms. The van der Waals surface area contributed by atoms with E-state index in [1.807, 2.05) is 6.07 Å². The topological polar surface area (TPSA) is 108 Å². The molecule has 1 atom stereocenters. The standard InChI is InChI=1S/C17H21N3O4/c21-15-6-5-14(16(22)20-15)11-7-13(9-18-8-11)19-12-3-1-10(2-4-12)17(23)24/h7-10,12,14,19H,1-6H2,(H,23,24)(H,20,21,22)/t10-,12-,14?. The summed E-state index contributed by atoms with van der Waals surface area (Å²) in [5, 5.41) is 14.8. The molecule has 3 rings (SSSR count). The van der Waals surface area contributed by atoms with Gasteiger partial charge in [-0.05, 0) is 43.7 Å². The highest BCUT2D eigenvalue weighted by atomic mass is 16.4. The molecular formula is C17H21N3O4. The summed E-state index contributed by atoms with van der Waals surface area (Å²) in [5.41, 5.74) is 1.63. The lowest BCUT2D eigenvalue weighted by atomic mass is 9.86. The molecule has 1 saturated heterocycles. The van der Waals surface area contributed by atoms with Crippen molar-refractivity contribution in [3.8, 4) is 0 Å². The van der Waals surface area contributed by atoms with Crippen LogP contribution in [-0.2, 0) is 14.4 Å². The molecule has 1 aromatic rings. The molecule has 0 radical (unpaired) electrons. The number of pyridine rings is 1. The van der Waals surface area contributed by atoms with Gasteiger partial charge in [-0.25, -0.2) is 0 Å². The second kappa shape index (κ2) is 6.98. The summed E-state index contributed by atoms with van der Waals surface area (Å²) in [7, 11) is 0. The Labute approximate surface area is 139 Å². The zero-order valence-corrected chi connectivity index (χ0v) is 13.3. The Hall–Kier alpha value is -2.44. The summed E-state index contributed by atoms with van der Waals surface area (Å²) in [5.74, 6) is -1.80. The highest BCUT2D eigenvalue weighted by Gasteiger charge is 2.29. The highest BCUT2D eigenvalue weighted by molar-refractivity contribution is 6.00. The number of carboxylic acids is 1. The molecule has 1 saturated carbocycles. The van der Waals surface area contributed by atoms with Crippen LogP contribution in [0.5, 0.6) is 0 Å². The maximum Gasteiger partial charge on any atom is 0.306 e. The second-order valence-corrected chi connectivity index (χ2v) is 6.54. The Morgan fingerprint density at radius 1 is 1.17 bits per heavy atom. The fourth-order valence-electron chi connectivity index (χ4n) is 3.46. The third kappa shape index (κ3) is 3.72. The molecule has 7 nitrogen and oxygen atoms in total. The molecule has 1 aromatic heterocycles. The Morgan fingerprint density at radius 2 is 1.92 bits per heavy atom. The number of rotatable bonds is 4. The number of carbonyl (C=O) groups is 3. The molecule has 2 amide bonds. The van der Waals surface area contributed by atoms with Gasteiger partial charge >= 0.3 is 5.97 Å². The van der Waals surface area contributed by atoms with Gasteiger partial charge in [0.15, 0.2) is 0 Å². The summed E-state index contributed by atoms with van der Waals surface area (Å²) in [6.07, 6.45) is 7.16. The van der Waals surface area contributed by atoms with Gasteiger partial charge in [0.25, 0.3) is 0 Å². The molecule has 0 spiro atoms. The van der Waals surface area contributed by atoms with E-state index in [0.717, 1.165) is 24.1 Å². The van der Waals surface area contributed by atoms with Crippen LogP contribution < -0.4 is 10.6 Å². The Morgan fingerprint density at radius 3 is 2.58 bits per heavy atom.